The largest absolute Gasteiger partial charge is 0.456 e. The lowest BCUT2D eigenvalue weighted by Gasteiger charge is -2.28. The van der Waals surface area contributed by atoms with E-state index in [0.717, 1.165) is 67.7 Å². The summed E-state index contributed by atoms with van der Waals surface area (Å²) in [6.07, 6.45) is 0. The minimum Gasteiger partial charge on any atom is -0.456 e. The molecule has 0 fully saturated rings. The van der Waals surface area contributed by atoms with Gasteiger partial charge in [-0.2, -0.15) is 0 Å². The highest BCUT2D eigenvalue weighted by molar-refractivity contribution is 6.18. The lowest BCUT2D eigenvalue weighted by molar-refractivity contribution is 0.487. The van der Waals surface area contributed by atoms with E-state index in [1.165, 1.54) is 43.6 Å². The molecule has 11 aromatic rings. The molecule has 0 radical (unpaired) electrons. The molecule has 0 N–H and O–H groups in total. The number of fused-ring (bicyclic) bond motifs is 5. The van der Waals surface area contributed by atoms with Gasteiger partial charge >= 0.3 is 0 Å². The Kier molecular flexibility index (Phi) is 8.83. The zero-order chi connectivity index (χ0) is 41.7. The average Bonchev–Trinajstić information content (AvgIpc) is 3.35. The van der Waals surface area contributed by atoms with Crippen molar-refractivity contribution < 1.29 is 4.74 Å². The molecule has 0 atom stereocenters. The van der Waals surface area contributed by atoms with Crippen molar-refractivity contribution in [3.05, 3.63) is 243 Å². The summed E-state index contributed by atoms with van der Waals surface area (Å²) in [6, 6.07) is 86.9. The van der Waals surface area contributed by atoms with Crippen LogP contribution in [0.5, 0.6) is 11.5 Å². The lowest BCUT2D eigenvalue weighted by atomic mass is 9.89. The van der Waals surface area contributed by atoms with Gasteiger partial charge < -0.3 is 14.5 Å². The molecule has 12 rings (SSSR count). The summed E-state index contributed by atoms with van der Waals surface area (Å²) in [4.78, 5) is 4.68. The summed E-state index contributed by atoms with van der Waals surface area (Å²) in [6.45, 7) is 0. The van der Waals surface area contributed by atoms with Crippen LogP contribution in [0.1, 0.15) is 0 Å². The zero-order valence-electron chi connectivity index (χ0n) is 34.4. The number of rotatable bonds is 8. The molecule has 0 saturated carbocycles. The van der Waals surface area contributed by atoms with Crippen molar-refractivity contribution >= 4 is 66.4 Å². The van der Waals surface area contributed by atoms with Crippen LogP contribution in [0, 0.1) is 0 Å². The van der Waals surface area contributed by atoms with E-state index in [1.807, 2.05) is 0 Å². The Labute approximate surface area is 367 Å². The minimum absolute atomic E-state index is 0.864. The molecule has 11 aromatic carbocycles. The number of para-hydroxylation sites is 2. The molecule has 0 saturated heterocycles. The highest BCUT2D eigenvalue weighted by Gasteiger charge is 2.24. The first-order chi connectivity index (χ1) is 31.2. The first kappa shape index (κ1) is 36.5. The van der Waals surface area contributed by atoms with Crippen molar-refractivity contribution in [2.24, 2.45) is 0 Å². The topological polar surface area (TPSA) is 15.7 Å². The fraction of sp³-hybridized carbons (Fsp3) is 0. The summed E-state index contributed by atoms with van der Waals surface area (Å²) in [5.74, 6) is 1.74. The van der Waals surface area contributed by atoms with E-state index in [4.69, 9.17) is 4.74 Å². The summed E-state index contributed by atoms with van der Waals surface area (Å²) < 4.78 is 6.83. The monoisotopic (exact) mass is 804 g/mol. The molecule has 1 heterocycles. The van der Waals surface area contributed by atoms with Gasteiger partial charge in [-0.3, -0.25) is 0 Å². The maximum Gasteiger partial charge on any atom is 0.135 e. The van der Waals surface area contributed by atoms with Crippen LogP contribution in [0.2, 0.25) is 0 Å². The lowest BCUT2D eigenvalue weighted by Crippen LogP contribution is -2.10. The number of nitrogens with zero attached hydrogens (tertiary/aromatic N) is 2. The van der Waals surface area contributed by atoms with Gasteiger partial charge in [0.15, 0.2) is 0 Å². The number of hydrogen-bond donors (Lipinski definition) is 0. The van der Waals surface area contributed by atoms with E-state index >= 15 is 0 Å². The van der Waals surface area contributed by atoms with E-state index in [2.05, 4.69) is 252 Å². The second-order valence-corrected chi connectivity index (χ2v) is 16.1. The Balaban J connectivity index is 0.901. The third-order valence-electron chi connectivity index (χ3n) is 12.4. The van der Waals surface area contributed by atoms with Gasteiger partial charge in [0, 0.05) is 44.8 Å². The molecular formula is C60H40N2O. The molecule has 0 unspecified atom stereocenters. The van der Waals surface area contributed by atoms with Crippen molar-refractivity contribution in [3.63, 3.8) is 0 Å². The third-order valence-corrected chi connectivity index (χ3v) is 12.4. The van der Waals surface area contributed by atoms with Gasteiger partial charge in [-0.25, -0.2) is 0 Å². The second-order valence-electron chi connectivity index (χ2n) is 16.1. The smallest absolute Gasteiger partial charge is 0.135 e. The fourth-order valence-electron chi connectivity index (χ4n) is 9.40. The van der Waals surface area contributed by atoms with Crippen LogP contribution in [0.3, 0.4) is 0 Å². The molecule has 1 aliphatic heterocycles. The number of hydrogen-bond acceptors (Lipinski definition) is 3. The van der Waals surface area contributed by atoms with E-state index < -0.39 is 0 Å². The third kappa shape index (κ3) is 6.46. The molecule has 3 heteroatoms. The highest BCUT2D eigenvalue weighted by atomic mass is 16.5. The normalized spacial score (nSPS) is 11.6. The number of benzene rings is 11. The predicted octanol–water partition coefficient (Wildman–Crippen LogP) is 17.2. The van der Waals surface area contributed by atoms with Crippen LogP contribution >= 0.6 is 0 Å². The molecule has 296 valence electrons. The van der Waals surface area contributed by atoms with Crippen molar-refractivity contribution in [1.82, 2.24) is 0 Å². The van der Waals surface area contributed by atoms with Gasteiger partial charge in [-0.15, -0.1) is 0 Å². The molecule has 3 nitrogen and oxygen atoms in total. The van der Waals surface area contributed by atoms with E-state index in [0.29, 0.717) is 0 Å². The van der Waals surface area contributed by atoms with E-state index in [9.17, 15) is 0 Å². The van der Waals surface area contributed by atoms with Crippen LogP contribution in [0.4, 0.5) is 34.1 Å². The van der Waals surface area contributed by atoms with Crippen LogP contribution in [0.25, 0.3) is 65.7 Å². The molecule has 0 spiro atoms. The quantitative estimate of drug-likeness (QED) is 0.142. The second kappa shape index (κ2) is 15.3. The SMILES string of the molecule is c1ccc(-c2ccc(N(c3ccccc3)c3ccc(-c4ccc5c(c4)Oc4cccc6c4c-5cc4ccc(N(c5ccccc5)c5cccc7ccccc57)cc46)cc3)cc2)cc1. The molecular weight excluding hydrogens is 765 g/mol. The van der Waals surface area contributed by atoms with Gasteiger partial charge in [0.25, 0.3) is 0 Å². The maximum atomic E-state index is 6.83. The summed E-state index contributed by atoms with van der Waals surface area (Å²) >= 11 is 0. The molecule has 0 bridgehead atoms. The first-order valence-corrected chi connectivity index (χ1v) is 21.5. The van der Waals surface area contributed by atoms with Gasteiger partial charge in [0.05, 0.1) is 5.69 Å². The van der Waals surface area contributed by atoms with Crippen LogP contribution < -0.4 is 14.5 Å². The summed E-state index contributed by atoms with van der Waals surface area (Å²) in [5, 5.41) is 7.12. The number of anilines is 6. The molecule has 63 heavy (non-hydrogen) atoms. The van der Waals surface area contributed by atoms with Crippen LogP contribution in [-0.2, 0) is 0 Å². The Hall–Kier alpha value is -8.40. The molecule has 1 aliphatic rings. The molecule has 0 aromatic heterocycles. The number of ether oxygens (including phenoxy) is 1. The highest BCUT2D eigenvalue weighted by Crippen LogP contribution is 2.51. The maximum absolute atomic E-state index is 6.83. The Morgan fingerprint density at radius 1 is 0.270 bits per heavy atom. The molecule has 0 amide bonds. The van der Waals surface area contributed by atoms with Crippen molar-refractivity contribution in [3.8, 4) is 44.9 Å². The van der Waals surface area contributed by atoms with Crippen LogP contribution in [-0.4, -0.2) is 0 Å². The molecule has 0 aliphatic carbocycles. The average molecular weight is 805 g/mol. The van der Waals surface area contributed by atoms with Gasteiger partial charge in [-0.05, 0) is 140 Å². The predicted molar refractivity (Wildman–Crippen MR) is 265 cm³/mol. The minimum atomic E-state index is 0.864. The summed E-state index contributed by atoms with van der Waals surface area (Å²) in [5.41, 5.74) is 13.6. The fourth-order valence-corrected chi connectivity index (χ4v) is 9.40. The Bertz CT molecular complexity index is 3450. The van der Waals surface area contributed by atoms with Gasteiger partial charge in [0.1, 0.15) is 11.5 Å². The van der Waals surface area contributed by atoms with E-state index in [1.54, 1.807) is 0 Å². The Morgan fingerprint density at radius 3 is 1.54 bits per heavy atom. The van der Waals surface area contributed by atoms with Crippen LogP contribution in [0.15, 0.2) is 243 Å². The zero-order valence-corrected chi connectivity index (χ0v) is 34.4. The van der Waals surface area contributed by atoms with Crippen molar-refractivity contribution in [2.75, 3.05) is 9.80 Å². The van der Waals surface area contributed by atoms with E-state index in [-0.39, 0.29) is 0 Å². The van der Waals surface area contributed by atoms with Gasteiger partial charge in [-0.1, -0.05) is 152 Å². The first-order valence-electron chi connectivity index (χ1n) is 21.5. The summed E-state index contributed by atoms with van der Waals surface area (Å²) in [7, 11) is 0. The Morgan fingerprint density at radius 2 is 0.810 bits per heavy atom. The van der Waals surface area contributed by atoms with Crippen molar-refractivity contribution in [2.45, 2.75) is 0 Å². The van der Waals surface area contributed by atoms with Crippen molar-refractivity contribution in [1.29, 1.82) is 0 Å². The standard InChI is InChI=1S/C60H40N2O/c1-4-14-41(15-5-1)42-26-32-49(33-27-42)61(47-18-6-2-7-19-47)50-34-28-43(29-35-50)45-31-37-53-56-38-46-30-36-51(40-55(46)54-23-13-25-58(60(54)56)63-59(53)39-45)62(48-20-8-3-9-21-48)57-24-12-17-44-16-10-11-22-52(44)57/h1-40H. The van der Waals surface area contributed by atoms with Gasteiger partial charge in [0.2, 0.25) is 0 Å².